The molecule has 4 rings (SSSR count). The first kappa shape index (κ1) is 19.8. The van der Waals surface area contributed by atoms with E-state index in [1.54, 1.807) is 23.0 Å². The summed E-state index contributed by atoms with van der Waals surface area (Å²) in [6, 6.07) is 7.46. The molecule has 0 saturated carbocycles. The molecule has 1 amide bonds. The number of aromatic nitrogens is 2. The van der Waals surface area contributed by atoms with Gasteiger partial charge in [0, 0.05) is 18.1 Å². The van der Waals surface area contributed by atoms with Crippen molar-refractivity contribution >= 4 is 18.3 Å². The number of nitrogens with one attached hydrogen (secondary N) is 2. The van der Waals surface area contributed by atoms with Crippen LogP contribution in [-0.4, -0.2) is 33.8 Å². The smallest absolute Gasteiger partial charge is 0.255 e. The predicted molar refractivity (Wildman–Crippen MR) is 105 cm³/mol. The van der Waals surface area contributed by atoms with Crippen LogP contribution in [-0.2, 0) is 0 Å². The zero-order chi connectivity index (χ0) is 18.3. The molecule has 2 aliphatic rings. The third kappa shape index (κ3) is 4.01. The Morgan fingerprint density at radius 3 is 2.44 bits per heavy atom. The van der Waals surface area contributed by atoms with E-state index in [2.05, 4.69) is 15.7 Å². The molecule has 2 unspecified atom stereocenters. The summed E-state index contributed by atoms with van der Waals surface area (Å²) in [6.07, 6.45) is 6.02. The molecule has 2 aliphatic heterocycles. The lowest BCUT2D eigenvalue weighted by Crippen LogP contribution is -2.48. The fourth-order valence-corrected chi connectivity index (χ4v) is 4.31. The fourth-order valence-electron chi connectivity index (χ4n) is 4.31. The van der Waals surface area contributed by atoms with Crippen molar-refractivity contribution in [1.82, 2.24) is 20.4 Å². The Hall–Kier alpha value is -1.92. The van der Waals surface area contributed by atoms with Gasteiger partial charge in [-0.05, 0) is 55.9 Å². The molecule has 1 aromatic heterocycles. The van der Waals surface area contributed by atoms with Crippen LogP contribution < -0.4 is 10.6 Å². The monoisotopic (exact) mass is 392 g/mol. The molecule has 7 heteroatoms. The van der Waals surface area contributed by atoms with Crippen molar-refractivity contribution in [2.24, 2.45) is 0 Å². The number of amides is 1. The Kier molecular flexibility index (Phi) is 5.86. The van der Waals surface area contributed by atoms with E-state index in [0.29, 0.717) is 17.6 Å². The van der Waals surface area contributed by atoms with Crippen molar-refractivity contribution in [3.05, 3.63) is 47.5 Å². The number of nitrogens with zero attached hydrogens (tertiary/aromatic N) is 2. The minimum Gasteiger partial charge on any atom is -0.349 e. The number of hydrogen-bond acceptors (Lipinski definition) is 3. The topological polar surface area (TPSA) is 59.0 Å². The molecular weight excluding hydrogens is 367 g/mol. The molecule has 2 bridgehead atoms. The third-order valence-electron chi connectivity index (χ3n) is 5.48. The van der Waals surface area contributed by atoms with Gasteiger partial charge in [0.25, 0.3) is 5.91 Å². The average Bonchev–Trinajstić information content (AvgIpc) is 3.19. The van der Waals surface area contributed by atoms with Crippen LogP contribution in [0.15, 0.2) is 30.5 Å². The van der Waals surface area contributed by atoms with Gasteiger partial charge >= 0.3 is 0 Å². The van der Waals surface area contributed by atoms with Gasteiger partial charge in [0.1, 0.15) is 5.82 Å². The molecule has 1 aromatic carbocycles. The summed E-state index contributed by atoms with van der Waals surface area (Å²) in [4.78, 5) is 12.9. The van der Waals surface area contributed by atoms with Crippen LogP contribution in [0.3, 0.4) is 0 Å². The van der Waals surface area contributed by atoms with E-state index < -0.39 is 0 Å². The summed E-state index contributed by atoms with van der Waals surface area (Å²) in [7, 11) is 0. The third-order valence-corrected chi connectivity index (χ3v) is 5.48. The Morgan fingerprint density at radius 1 is 1.22 bits per heavy atom. The van der Waals surface area contributed by atoms with Gasteiger partial charge in [-0.3, -0.25) is 4.79 Å². The maximum atomic E-state index is 13.2. The van der Waals surface area contributed by atoms with Crippen molar-refractivity contribution in [2.45, 2.75) is 63.6 Å². The molecule has 2 N–H and O–H groups in total. The molecule has 27 heavy (non-hydrogen) atoms. The molecule has 0 aliphatic carbocycles. The zero-order valence-corrected chi connectivity index (χ0v) is 16.4. The summed E-state index contributed by atoms with van der Waals surface area (Å²) in [6.45, 7) is 4.08. The van der Waals surface area contributed by atoms with Gasteiger partial charge in [-0.2, -0.15) is 5.10 Å². The van der Waals surface area contributed by atoms with Crippen LogP contribution in [0.4, 0.5) is 4.39 Å². The number of piperidine rings is 1. The highest BCUT2D eigenvalue weighted by atomic mass is 35.5. The van der Waals surface area contributed by atoms with Gasteiger partial charge in [0.05, 0.1) is 23.1 Å². The van der Waals surface area contributed by atoms with Crippen LogP contribution in [0.1, 0.15) is 61.5 Å². The van der Waals surface area contributed by atoms with E-state index in [1.807, 2.05) is 13.8 Å². The van der Waals surface area contributed by atoms with E-state index in [0.717, 1.165) is 24.2 Å². The fraction of sp³-hybridized carbons (Fsp3) is 0.500. The van der Waals surface area contributed by atoms with Gasteiger partial charge < -0.3 is 10.6 Å². The van der Waals surface area contributed by atoms with Crippen molar-refractivity contribution in [3.63, 3.8) is 0 Å². The molecule has 5 nitrogen and oxygen atoms in total. The summed E-state index contributed by atoms with van der Waals surface area (Å²) in [5.74, 6) is -0.230. The van der Waals surface area contributed by atoms with Crippen LogP contribution in [0.2, 0.25) is 0 Å². The number of benzene rings is 1. The van der Waals surface area contributed by atoms with Gasteiger partial charge in [-0.1, -0.05) is 13.8 Å². The van der Waals surface area contributed by atoms with Crippen LogP contribution in [0.5, 0.6) is 0 Å². The summed E-state index contributed by atoms with van der Waals surface area (Å²) in [5.41, 5.74) is 2.22. The number of carbonyl (C=O) groups is 1. The Morgan fingerprint density at radius 2 is 1.85 bits per heavy atom. The molecule has 0 spiro atoms. The molecule has 146 valence electrons. The second kappa shape index (κ2) is 7.98. The quantitative estimate of drug-likeness (QED) is 0.836. The van der Waals surface area contributed by atoms with E-state index >= 15 is 0 Å². The predicted octanol–water partition coefficient (Wildman–Crippen LogP) is 3.57. The average molecular weight is 393 g/mol. The Balaban J connectivity index is 0.00000210. The maximum absolute atomic E-state index is 13.2. The van der Waals surface area contributed by atoms with Gasteiger partial charge in [-0.25, -0.2) is 9.07 Å². The SMILES string of the molecule is CC(C)c1c(C(=O)NC2CC3CCC(C2)N3)cnn1-c1ccc(F)cc1.Cl. The highest BCUT2D eigenvalue weighted by Gasteiger charge is 2.34. The Bertz CT molecular complexity index is 793. The lowest BCUT2D eigenvalue weighted by Gasteiger charge is -2.29. The molecule has 2 atom stereocenters. The largest absolute Gasteiger partial charge is 0.349 e. The Labute approximate surface area is 165 Å². The highest BCUT2D eigenvalue weighted by molar-refractivity contribution is 5.95. The molecule has 2 fully saturated rings. The van der Waals surface area contributed by atoms with Crippen LogP contribution in [0, 0.1) is 5.82 Å². The number of rotatable bonds is 4. The number of fused-ring (bicyclic) bond motifs is 2. The summed E-state index contributed by atoms with van der Waals surface area (Å²) in [5, 5.41) is 11.2. The van der Waals surface area contributed by atoms with Crippen LogP contribution >= 0.6 is 12.4 Å². The molecular formula is C20H26ClFN4O. The number of carbonyl (C=O) groups excluding carboxylic acids is 1. The maximum Gasteiger partial charge on any atom is 0.255 e. The first-order chi connectivity index (χ1) is 12.5. The van der Waals surface area contributed by atoms with E-state index in [4.69, 9.17) is 0 Å². The summed E-state index contributed by atoms with van der Waals surface area (Å²) >= 11 is 0. The molecule has 0 radical (unpaired) electrons. The van der Waals surface area contributed by atoms with Crippen molar-refractivity contribution < 1.29 is 9.18 Å². The summed E-state index contributed by atoms with van der Waals surface area (Å²) < 4.78 is 15.0. The number of halogens is 2. The van der Waals surface area contributed by atoms with E-state index in [-0.39, 0.29) is 36.1 Å². The van der Waals surface area contributed by atoms with Crippen molar-refractivity contribution in [1.29, 1.82) is 0 Å². The molecule has 2 aromatic rings. The highest BCUT2D eigenvalue weighted by Crippen LogP contribution is 2.28. The minimum atomic E-state index is -0.287. The first-order valence-corrected chi connectivity index (χ1v) is 9.42. The van der Waals surface area contributed by atoms with Gasteiger partial charge in [0.15, 0.2) is 0 Å². The van der Waals surface area contributed by atoms with E-state index in [1.165, 1.54) is 25.0 Å². The van der Waals surface area contributed by atoms with Crippen molar-refractivity contribution in [3.8, 4) is 5.69 Å². The molecule has 3 heterocycles. The first-order valence-electron chi connectivity index (χ1n) is 9.42. The van der Waals surface area contributed by atoms with Crippen LogP contribution in [0.25, 0.3) is 5.69 Å². The minimum absolute atomic E-state index is 0. The van der Waals surface area contributed by atoms with Gasteiger partial charge in [-0.15, -0.1) is 12.4 Å². The van der Waals surface area contributed by atoms with E-state index in [9.17, 15) is 9.18 Å². The lowest BCUT2D eigenvalue weighted by atomic mass is 9.99. The van der Waals surface area contributed by atoms with Gasteiger partial charge in [0.2, 0.25) is 0 Å². The second-order valence-electron chi connectivity index (χ2n) is 7.77. The zero-order valence-electron chi connectivity index (χ0n) is 15.6. The van der Waals surface area contributed by atoms with Crippen molar-refractivity contribution in [2.75, 3.05) is 0 Å². The number of hydrogen-bond donors (Lipinski definition) is 2. The lowest BCUT2D eigenvalue weighted by molar-refractivity contribution is 0.0922. The standard InChI is InChI=1S/C20H25FN4O.ClH/c1-12(2)19-18(11-22-25(19)17-7-3-13(21)4-8-17)20(26)24-16-9-14-5-6-15(10-16)23-14;/h3-4,7-8,11-12,14-16,23H,5-6,9-10H2,1-2H3,(H,24,26);1H. The normalized spacial score (nSPS) is 23.9. The molecule has 2 saturated heterocycles. The second-order valence-corrected chi connectivity index (χ2v) is 7.77.